The van der Waals surface area contributed by atoms with Crippen molar-refractivity contribution in [2.45, 2.75) is 21.6 Å². The van der Waals surface area contributed by atoms with Crippen LogP contribution in [-0.4, -0.2) is 63.7 Å². The SMILES string of the molecule is Cc1ccc(S(=O)(=O)O)c(Nc2nc(Cl)nc(Nc3cc(Nc4cc(F)c([N+](=O)[O-])cc4[N+](=O)[O-])c(S(=O)(=O)O)cc3S(=O)(=O)O)n2)c1. The smallest absolute Gasteiger partial charge is 0.311 e. The minimum Gasteiger partial charge on any atom is -0.349 e. The Labute approximate surface area is 272 Å². The summed E-state index contributed by atoms with van der Waals surface area (Å²) in [4.78, 5) is 28.3. The van der Waals surface area contributed by atoms with Crippen molar-refractivity contribution >= 4 is 88.0 Å². The number of nitro groups is 2. The van der Waals surface area contributed by atoms with Gasteiger partial charge in [-0.05, 0) is 48.4 Å². The molecule has 21 nitrogen and oxygen atoms in total. The van der Waals surface area contributed by atoms with Gasteiger partial charge < -0.3 is 16.0 Å². The van der Waals surface area contributed by atoms with Gasteiger partial charge in [-0.3, -0.25) is 33.9 Å². The number of aryl methyl sites for hydroxylation is 1. The lowest BCUT2D eigenvalue weighted by Crippen LogP contribution is -2.12. The standard InChI is InChI=1S/C22H16ClFN8O13S3/c1-9-2-3-17(46(37,38)39)12(4-9)26-21-28-20(23)29-22(30-21)27-14-6-13(18(47(40,41)42)8-19(14)48(43,44)45)25-11-5-10(24)15(31(33)34)7-16(11)32(35)36/h2-8,25H,1H3,(H,37,38,39)(H,40,41,42)(H,43,44,45)(H2,26,27,28,29,30). The first-order chi connectivity index (χ1) is 22.0. The van der Waals surface area contributed by atoms with Crippen LogP contribution in [0.25, 0.3) is 0 Å². The van der Waals surface area contributed by atoms with Crippen molar-refractivity contribution in [3.05, 3.63) is 79.4 Å². The fraction of sp³-hybridized carbons (Fsp3) is 0.0455. The van der Waals surface area contributed by atoms with Gasteiger partial charge in [0.05, 0.1) is 33.0 Å². The lowest BCUT2D eigenvalue weighted by atomic mass is 10.2. The number of anilines is 6. The van der Waals surface area contributed by atoms with Gasteiger partial charge in [0.15, 0.2) is 0 Å². The van der Waals surface area contributed by atoms with Crippen LogP contribution in [0, 0.1) is 33.0 Å². The average molecular weight is 751 g/mol. The van der Waals surface area contributed by atoms with Crippen LogP contribution in [0.2, 0.25) is 5.28 Å². The van der Waals surface area contributed by atoms with Crippen molar-refractivity contribution in [3.63, 3.8) is 0 Å². The molecule has 0 radical (unpaired) electrons. The second-order valence-corrected chi connectivity index (χ2v) is 13.7. The number of hydrogen-bond acceptors (Lipinski definition) is 16. The Hall–Kier alpha value is -5.18. The van der Waals surface area contributed by atoms with Crippen LogP contribution in [0.4, 0.5) is 50.4 Å². The maximum absolute atomic E-state index is 14.4. The van der Waals surface area contributed by atoms with Crippen molar-refractivity contribution in [2.75, 3.05) is 16.0 Å². The summed E-state index contributed by atoms with van der Waals surface area (Å²) < 4.78 is 116. The predicted octanol–water partition coefficient (Wildman–Crippen LogP) is 3.76. The molecule has 0 bridgehead atoms. The first-order valence-corrected chi connectivity index (χ1v) is 16.8. The molecule has 0 unspecified atom stereocenters. The highest BCUT2D eigenvalue weighted by molar-refractivity contribution is 7.87. The summed E-state index contributed by atoms with van der Waals surface area (Å²) in [6.45, 7) is 1.57. The van der Waals surface area contributed by atoms with Crippen molar-refractivity contribution in [2.24, 2.45) is 0 Å². The first kappa shape index (κ1) is 35.7. The molecule has 48 heavy (non-hydrogen) atoms. The van der Waals surface area contributed by atoms with E-state index < -0.39 is 106 Å². The average Bonchev–Trinajstić information content (AvgIpc) is 2.90. The van der Waals surface area contributed by atoms with Gasteiger partial charge in [0.1, 0.15) is 20.4 Å². The molecule has 0 saturated heterocycles. The number of nitro benzene ring substituents is 2. The lowest BCUT2D eigenvalue weighted by molar-refractivity contribution is -0.395. The van der Waals surface area contributed by atoms with Crippen LogP contribution in [0.15, 0.2) is 57.2 Å². The fourth-order valence-corrected chi connectivity index (χ4v) is 6.11. The predicted molar refractivity (Wildman–Crippen MR) is 161 cm³/mol. The molecule has 26 heteroatoms. The topological polar surface area (TPSA) is 324 Å². The van der Waals surface area contributed by atoms with Gasteiger partial charge in [0, 0.05) is 6.07 Å². The molecule has 1 heterocycles. The van der Waals surface area contributed by atoms with E-state index in [0.29, 0.717) is 11.6 Å². The summed E-state index contributed by atoms with van der Waals surface area (Å²) in [6, 6.07) is 4.88. The molecule has 0 aliphatic rings. The maximum Gasteiger partial charge on any atom is 0.311 e. The van der Waals surface area contributed by atoms with Crippen molar-refractivity contribution in [1.29, 1.82) is 0 Å². The third-order valence-corrected chi connectivity index (χ3v) is 8.75. The molecule has 0 aliphatic carbocycles. The molecule has 0 amide bonds. The first-order valence-electron chi connectivity index (χ1n) is 12.1. The van der Waals surface area contributed by atoms with E-state index in [1.807, 2.05) is 0 Å². The van der Waals surface area contributed by atoms with E-state index >= 15 is 0 Å². The van der Waals surface area contributed by atoms with E-state index in [9.17, 15) is 63.5 Å². The Bertz CT molecular complexity index is 2360. The molecule has 6 N–H and O–H groups in total. The Kier molecular flexibility index (Phi) is 9.50. The molecule has 3 aromatic carbocycles. The second-order valence-electron chi connectivity index (χ2n) is 9.23. The zero-order valence-corrected chi connectivity index (χ0v) is 26.4. The third kappa shape index (κ3) is 8.02. The second kappa shape index (κ2) is 12.8. The van der Waals surface area contributed by atoms with Crippen LogP contribution >= 0.6 is 11.6 Å². The number of halogens is 2. The van der Waals surface area contributed by atoms with Crippen LogP contribution in [0.5, 0.6) is 0 Å². The van der Waals surface area contributed by atoms with Gasteiger partial charge in [0.2, 0.25) is 23.0 Å². The Morgan fingerprint density at radius 2 is 1.15 bits per heavy atom. The lowest BCUT2D eigenvalue weighted by Gasteiger charge is -2.16. The van der Waals surface area contributed by atoms with E-state index in [1.54, 1.807) is 6.92 Å². The van der Waals surface area contributed by atoms with Crippen molar-refractivity contribution < 1.29 is 53.1 Å². The van der Waals surface area contributed by atoms with E-state index in [2.05, 4.69) is 30.9 Å². The van der Waals surface area contributed by atoms with E-state index in [0.717, 1.165) is 6.07 Å². The maximum atomic E-state index is 14.4. The van der Waals surface area contributed by atoms with Gasteiger partial charge in [-0.15, -0.1) is 0 Å². The van der Waals surface area contributed by atoms with E-state index in [1.165, 1.54) is 12.1 Å². The zero-order chi connectivity index (χ0) is 35.9. The van der Waals surface area contributed by atoms with Crippen LogP contribution in [0.1, 0.15) is 5.56 Å². The molecule has 4 aromatic rings. The van der Waals surface area contributed by atoms with Gasteiger partial charge in [-0.25, -0.2) is 0 Å². The molecule has 0 atom stereocenters. The number of rotatable bonds is 11. The quantitative estimate of drug-likeness (QED) is 0.0721. The van der Waals surface area contributed by atoms with Crippen LogP contribution in [0.3, 0.4) is 0 Å². The van der Waals surface area contributed by atoms with Crippen molar-refractivity contribution in [1.82, 2.24) is 15.0 Å². The van der Waals surface area contributed by atoms with E-state index in [4.69, 9.17) is 11.6 Å². The normalized spacial score (nSPS) is 12.0. The molecular weight excluding hydrogens is 735 g/mol. The van der Waals surface area contributed by atoms with Gasteiger partial charge in [-0.2, -0.15) is 44.6 Å². The molecule has 0 spiro atoms. The highest BCUT2D eigenvalue weighted by Crippen LogP contribution is 2.39. The third-order valence-electron chi connectivity index (χ3n) is 5.88. The minimum atomic E-state index is -5.44. The number of aromatic nitrogens is 3. The number of nitrogens with one attached hydrogen (secondary N) is 3. The molecule has 0 aliphatic heterocycles. The molecule has 1 aromatic heterocycles. The van der Waals surface area contributed by atoms with Gasteiger partial charge in [-0.1, -0.05) is 6.07 Å². The molecule has 0 saturated carbocycles. The summed E-state index contributed by atoms with van der Waals surface area (Å²) in [5, 5.41) is 28.9. The molecule has 4 rings (SSSR count). The minimum absolute atomic E-state index is 0.190. The Morgan fingerprint density at radius 3 is 1.62 bits per heavy atom. The number of benzene rings is 3. The van der Waals surface area contributed by atoms with Crippen LogP contribution in [-0.2, 0) is 30.4 Å². The summed E-state index contributed by atoms with van der Waals surface area (Å²) in [5.41, 5.74) is -4.82. The highest BCUT2D eigenvalue weighted by atomic mass is 35.5. The summed E-state index contributed by atoms with van der Waals surface area (Å²) in [6.07, 6.45) is 0. The Morgan fingerprint density at radius 1 is 0.667 bits per heavy atom. The molecule has 254 valence electrons. The monoisotopic (exact) mass is 750 g/mol. The molecular formula is C22H16ClFN8O13S3. The summed E-state index contributed by atoms with van der Waals surface area (Å²) >= 11 is 5.94. The van der Waals surface area contributed by atoms with E-state index in [-0.39, 0.29) is 23.9 Å². The highest BCUT2D eigenvalue weighted by Gasteiger charge is 2.29. The number of hydrogen-bond donors (Lipinski definition) is 6. The number of nitrogens with zero attached hydrogens (tertiary/aromatic N) is 5. The Balaban J connectivity index is 1.89. The zero-order valence-electron chi connectivity index (χ0n) is 23.2. The molecule has 0 fully saturated rings. The van der Waals surface area contributed by atoms with Crippen molar-refractivity contribution in [3.8, 4) is 0 Å². The van der Waals surface area contributed by atoms with Gasteiger partial charge in [0.25, 0.3) is 36.0 Å². The fourth-order valence-electron chi connectivity index (χ4n) is 3.94. The van der Waals surface area contributed by atoms with Gasteiger partial charge >= 0.3 is 5.69 Å². The summed E-state index contributed by atoms with van der Waals surface area (Å²) in [7, 11) is -15.6. The summed E-state index contributed by atoms with van der Waals surface area (Å²) in [5.74, 6) is -2.78. The largest absolute Gasteiger partial charge is 0.349 e. The van der Waals surface area contributed by atoms with Crippen LogP contribution < -0.4 is 16.0 Å².